The Hall–Kier alpha value is -2.28. The predicted molar refractivity (Wildman–Crippen MR) is 132 cm³/mol. The molecule has 1 heterocycles. The number of benzene rings is 2. The maximum Gasteiger partial charge on any atom is 0.263 e. The van der Waals surface area contributed by atoms with Crippen molar-refractivity contribution in [2.45, 2.75) is 58.9 Å². The summed E-state index contributed by atoms with van der Waals surface area (Å²) in [5.74, 6) is 0. The van der Waals surface area contributed by atoms with Crippen molar-refractivity contribution in [2.24, 2.45) is 5.41 Å². The zero-order valence-corrected chi connectivity index (χ0v) is 21.0. The first-order valence-electron chi connectivity index (χ1n) is 10.8. The Morgan fingerprint density at radius 2 is 1.72 bits per heavy atom. The van der Waals surface area contributed by atoms with Crippen LogP contribution in [0.15, 0.2) is 70.6 Å². The van der Waals surface area contributed by atoms with E-state index in [1.165, 1.54) is 51.3 Å². The summed E-state index contributed by atoms with van der Waals surface area (Å²) in [5, 5.41) is 1.37. The number of aryl methyl sites for hydroxylation is 2. The van der Waals surface area contributed by atoms with Crippen molar-refractivity contribution in [1.29, 1.82) is 0 Å². The molecule has 0 spiro atoms. The van der Waals surface area contributed by atoms with E-state index < -0.39 is 10.1 Å². The maximum absolute atomic E-state index is 10.4. The summed E-state index contributed by atoms with van der Waals surface area (Å²) in [6.07, 6.45) is 7.17. The van der Waals surface area contributed by atoms with Crippen molar-refractivity contribution < 1.29 is 17.5 Å². The smallest absolute Gasteiger partial charge is 0.263 e. The molecule has 0 unspecified atom stereocenters. The average Bonchev–Trinajstić information content (AvgIpc) is 3.03. The lowest BCUT2D eigenvalue weighted by Gasteiger charge is -2.29. The molecule has 2 aromatic carbocycles. The van der Waals surface area contributed by atoms with Gasteiger partial charge < -0.3 is 4.55 Å². The third kappa shape index (κ3) is 6.15. The van der Waals surface area contributed by atoms with Crippen molar-refractivity contribution in [1.82, 2.24) is 0 Å². The Labute approximate surface area is 195 Å². The van der Waals surface area contributed by atoms with Gasteiger partial charge in [0.2, 0.25) is 5.52 Å². The van der Waals surface area contributed by atoms with Crippen molar-refractivity contribution in [3.05, 3.63) is 76.3 Å². The SMILES string of the molecule is CC[n+]1c(C=C2C=C(C)CC(C)(C)C2)sc2ccccc21.Cc1ccc(S(=O)(=O)[O-])cc1. The molecule has 0 amide bonds. The number of hydrogen-bond acceptors (Lipinski definition) is 4. The number of nitrogens with zero attached hydrogens (tertiary/aromatic N) is 1. The Bertz CT molecular complexity index is 1260. The monoisotopic (exact) mass is 469 g/mol. The highest BCUT2D eigenvalue weighted by Crippen LogP contribution is 2.38. The lowest BCUT2D eigenvalue weighted by Crippen LogP contribution is -2.33. The quantitative estimate of drug-likeness (QED) is 0.336. The molecule has 4 rings (SSSR count). The van der Waals surface area contributed by atoms with E-state index in [1.807, 2.05) is 18.3 Å². The summed E-state index contributed by atoms with van der Waals surface area (Å²) in [5.41, 5.74) is 5.64. The molecule has 6 heteroatoms. The highest BCUT2D eigenvalue weighted by molar-refractivity contribution is 7.85. The lowest BCUT2D eigenvalue weighted by molar-refractivity contribution is -0.665. The number of thiazole rings is 1. The predicted octanol–water partition coefficient (Wildman–Crippen LogP) is 6.26. The first-order valence-corrected chi connectivity index (χ1v) is 13.0. The second-order valence-electron chi connectivity index (χ2n) is 9.15. The summed E-state index contributed by atoms with van der Waals surface area (Å²) in [6.45, 7) is 12.1. The third-order valence-electron chi connectivity index (χ3n) is 5.44. The molecule has 0 radical (unpaired) electrons. The molecule has 3 aromatic rings. The highest BCUT2D eigenvalue weighted by Gasteiger charge is 2.25. The number of allylic oxidation sites excluding steroid dienone is 3. The average molecular weight is 470 g/mol. The fourth-order valence-electron chi connectivity index (χ4n) is 4.23. The summed E-state index contributed by atoms with van der Waals surface area (Å²) >= 11 is 1.90. The Morgan fingerprint density at radius 1 is 1.06 bits per heavy atom. The molecular formula is C26H31NO3S2. The largest absolute Gasteiger partial charge is 0.744 e. The van der Waals surface area contributed by atoms with Gasteiger partial charge in [-0.25, -0.2) is 8.42 Å². The van der Waals surface area contributed by atoms with Gasteiger partial charge in [-0.3, -0.25) is 0 Å². The Balaban J connectivity index is 0.000000222. The van der Waals surface area contributed by atoms with Crippen LogP contribution in [0.3, 0.4) is 0 Å². The molecule has 0 aliphatic heterocycles. The van der Waals surface area contributed by atoms with Gasteiger partial charge in [0.15, 0.2) is 0 Å². The first kappa shape index (κ1) is 24.4. The fraction of sp³-hybridized carbons (Fsp3) is 0.346. The van der Waals surface area contributed by atoms with Crippen LogP contribution in [0.2, 0.25) is 0 Å². The Kier molecular flexibility index (Phi) is 7.38. The molecule has 0 saturated heterocycles. The number of hydrogen-bond donors (Lipinski definition) is 0. The molecule has 0 N–H and O–H groups in total. The molecule has 0 saturated carbocycles. The van der Waals surface area contributed by atoms with E-state index in [9.17, 15) is 13.0 Å². The van der Waals surface area contributed by atoms with E-state index in [0.717, 1.165) is 12.1 Å². The number of fused-ring (bicyclic) bond motifs is 1. The van der Waals surface area contributed by atoms with Crippen LogP contribution in [0.25, 0.3) is 16.3 Å². The van der Waals surface area contributed by atoms with Crippen molar-refractivity contribution in [3.8, 4) is 0 Å². The van der Waals surface area contributed by atoms with Gasteiger partial charge in [0.25, 0.3) is 5.01 Å². The fourth-order valence-corrected chi connectivity index (χ4v) is 5.90. The first-order chi connectivity index (χ1) is 15.0. The van der Waals surface area contributed by atoms with E-state index in [1.54, 1.807) is 12.1 Å². The summed E-state index contributed by atoms with van der Waals surface area (Å²) in [4.78, 5) is -0.178. The van der Waals surface area contributed by atoms with E-state index in [0.29, 0.717) is 5.41 Å². The van der Waals surface area contributed by atoms with Crippen LogP contribution in [0, 0.1) is 12.3 Å². The van der Waals surface area contributed by atoms with Gasteiger partial charge in [-0.05, 0) is 62.8 Å². The van der Waals surface area contributed by atoms with Crippen LogP contribution in [-0.4, -0.2) is 13.0 Å². The topological polar surface area (TPSA) is 61.1 Å². The molecule has 1 aliphatic rings. The molecule has 1 aromatic heterocycles. The lowest BCUT2D eigenvalue weighted by atomic mass is 9.75. The molecule has 170 valence electrons. The molecule has 0 atom stereocenters. The van der Waals surface area contributed by atoms with E-state index >= 15 is 0 Å². The number of aromatic nitrogens is 1. The second kappa shape index (κ2) is 9.69. The van der Waals surface area contributed by atoms with Gasteiger partial charge in [-0.15, -0.1) is 0 Å². The van der Waals surface area contributed by atoms with Crippen molar-refractivity contribution in [3.63, 3.8) is 0 Å². The second-order valence-corrected chi connectivity index (χ2v) is 11.6. The summed E-state index contributed by atoms with van der Waals surface area (Å²) in [7, 11) is -4.27. The van der Waals surface area contributed by atoms with E-state index in [-0.39, 0.29) is 4.90 Å². The van der Waals surface area contributed by atoms with Crippen LogP contribution in [0.1, 0.15) is 51.1 Å². The molecule has 0 bridgehead atoms. The zero-order chi connectivity index (χ0) is 23.5. The minimum absolute atomic E-state index is 0.178. The normalized spacial score (nSPS) is 17.1. The van der Waals surface area contributed by atoms with E-state index in [4.69, 9.17) is 0 Å². The van der Waals surface area contributed by atoms with Gasteiger partial charge in [0.05, 0.1) is 4.90 Å². The van der Waals surface area contributed by atoms with Crippen LogP contribution >= 0.6 is 11.3 Å². The summed E-state index contributed by atoms with van der Waals surface area (Å²) < 4.78 is 35.0. The third-order valence-corrected chi connectivity index (χ3v) is 7.41. The van der Waals surface area contributed by atoms with Gasteiger partial charge >= 0.3 is 0 Å². The van der Waals surface area contributed by atoms with Crippen molar-refractivity contribution in [2.75, 3.05) is 0 Å². The number of rotatable bonds is 3. The van der Waals surface area contributed by atoms with Crippen LogP contribution in [0.4, 0.5) is 0 Å². The molecule has 32 heavy (non-hydrogen) atoms. The van der Waals surface area contributed by atoms with Crippen LogP contribution < -0.4 is 4.57 Å². The van der Waals surface area contributed by atoms with Crippen LogP contribution in [0.5, 0.6) is 0 Å². The molecule has 4 nitrogen and oxygen atoms in total. The van der Waals surface area contributed by atoms with Gasteiger partial charge in [0.1, 0.15) is 21.4 Å². The minimum atomic E-state index is -4.27. The van der Waals surface area contributed by atoms with Gasteiger partial charge in [0, 0.05) is 12.1 Å². The minimum Gasteiger partial charge on any atom is -0.744 e. The van der Waals surface area contributed by atoms with Gasteiger partial charge in [-0.1, -0.05) is 66.7 Å². The number of para-hydroxylation sites is 1. The van der Waals surface area contributed by atoms with Gasteiger partial charge in [-0.2, -0.15) is 4.57 Å². The maximum atomic E-state index is 10.4. The highest BCUT2D eigenvalue weighted by atomic mass is 32.2. The molecule has 1 aliphatic carbocycles. The summed E-state index contributed by atoms with van der Waals surface area (Å²) in [6, 6.07) is 14.5. The standard InChI is InChI=1S/C19H24NS.C7H8O3S/c1-5-20-16-8-6-7-9-17(16)21-18(20)11-15-10-14(2)12-19(3,4)13-15;1-6-2-4-7(5-3-6)11(8,9)10/h6-11H,5,12-13H2,1-4H3;2-5H,1H3,(H,8,9,10)/q+1;/p-1. The Morgan fingerprint density at radius 3 is 2.31 bits per heavy atom. The van der Waals surface area contributed by atoms with E-state index in [2.05, 4.69) is 68.7 Å². The zero-order valence-electron chi connectivity index (χ0n) is 19.4. The molecular weight excluding hydrogens is 438 g/mol. The molecule has 0 fully saturated rings. The van der Waals surface area contributed by atoms with Crippen molar-refractivity contribution >= 4 is 37.7 Å². The van der Waals surface area contributed by atoms with Crippen LogP contribution in [-0.2, 0) is 16.7 Å².